The van der Waals surface area contributed by atoms with Gasteiger partial charge in [-0.2, -0.15) is 0 Å². The molecule has 22 heavy (non-hydrogen) atoms. The monoisotopic (exact) mass is 322 g/mol. The summed E-state index contributed by atoms with van der Waals surface area (Å²) >= 11 is 1.73. The van der Waals surface area contributed by atoms with Gasteiger partial charge in [0.2, 0.25) is 5.91 Å². The van der Waals surface area contributed by atoms with E-state index >= 15 is 0 Å². The Balaban J connectivity index is 1.83. The maximum absolute atomic E-state index is 12.7. The third-order valence-electron chi connectivity index (χ3n) is 3.95. The van der Waals surface area contributed by atoms with Crippen LogP contribution >= 0.6 is 11.8 Å². The number of thioether (sulfide) groups is 1. The molecule has 2 N–H and O–H groups in total. The summed E-state index contributed by atoms with van der Waals surface area (Å²) in [5.41, 5.74) is 0. The number of nitrogens with one attached hydrogen (secondary N) is 2. The summed E-state index contributed by atoms with van der Waals surface area (Å²) in [6.07, 6.45) is 4.21. The smallest absolute Gasteiger partial charge is 0.236 e. The lowest BCUT2D eigenvalue weighted by atomic mass is 10.1. The fourth-order valence-corrected chi connectivity index (χ4v) is 4.16. The highest BCUT2D eigenvalue weighted by Gasteiger charge is 2.41. The van der Waals surface area contributed by atoms with E-state index in [-0.39, 0.29) is 10.7 Å². The molecule has 0 heterocycles. The van der Waals surface area contributed by atoms with Crippen LogP contribution in [0.25, 0.3) is 0 Å². The molecule has 1 aromatic carbocycles. The van der Waals surface area contributed by atoms with Gasteiger partial charge in [0.15, 0.2) is 0 Å². The number of hydrogen-bond donors (Lipinski definition) is 2. The molecule has 5 heteroatoms. The minimum atomic E-state index is -0.284. The van der Waals surface area contributed by atoms with Crippen LogP contribution in [-0.2, 0) is 9.53 Å². The second-order valence-electron chi connectivity index (χ2n) is 5.62. The van der Waals surface area contributed by atoms with E-state index in [9.17, 15) is 4.79 Å². The van der Waals surface area contributed by atoms with Crippen LogP contribution in [0.1, 0.15) is 25.7 Å². The van der Waals surface area contributed by atoms with Crippen molar-refractivity contribution in [1.82, 2.24) is 10.6 Å². The molecule has 1 aliphatic carbocycles. The molecule has 4 nitrogen and oxygen atoms in total. The third-order valence-corrected chi connectivity index (χ3v) is 5.44. The van der Waals surface area contributed by atoms with Crippen molar-refractivity contribution in [3.63, 3.8) is 0 Å². The molecule has 1 fully saturated rings. The van der Waals surface area contributed by atoms with Crippen LogP contribution in [0, 0.1) is 0 Å². The highest BCUT2D eigenvalue weighted by Crippen LogP contribution is 2.45. The Bertz CT molecular complexity index is 447. The lowest BCUT2D eigenvalue weighted by Crippen LogP contribution is -2.44. The van der Waals surface area contributed by atoms with Crippen molar-refractivity contribution in [3.05, 3.63) is 30.3 Å². The zero-order valence-corrected chi connectivity index (χ0v) is 14.1. The minimum absolute atomic E-state index is 0.187. The van der Waals surface area contributed by atoms with Gasteiger partial charge < -0.3 is 15.4 Å². The van der Waals surface area contributed by atoms with Gasteiger partial charge >= 0.3 is 0 Å². The first-order valence-corrected chi connectivity index (χ1v) is 8.80. The lowest BCUT2D eigenvalue weighted by molar-refractivity contribution is -0.123. The van der Waals surface area contributed by atoms with E-state index in [1.54, 1.807) is 18.9 Å². The summed E-state index contributed by atoms with van der Waals surface area (Å²) < 4.78 is 4.70. The summed E-state index contributed by atoms with van der Waals surface area (Å²) in [5.74, 6) is 0.187. The molecule has 1 aliphatic rings. The number of methoxy groups -OCH3 is 1. The van der Waals surface area contributed by atoms with Crippen LogP contribution in [0.15, 0.2) is 35.2 Å². The van der Waals surface area contributed by atoms with Crippen LogP contribution in [0.3, 0.4) is 0 Å². The van der Waals surface area contributed by atoms with Crippen LogP contribution in [-0.4, -0.2) is 44.0 Å². The molecule has 0 atom stereocenters. The molecule has 1 saturated carbocycles. The number of carbonyl (C=O) groups excluding carboxylic acids is 1. The molecule has 0 radical (unpaired) electrons. The summed E-state index contributed by atoms with van der Waals surface area (Å²) in [4.78, 5) is 13.9. The molecule has 0 aliphatic heterocycles. The van der Waals surface area contributed by atoms with Gasteiger partial charge in [-0.3, -0.25) is 4.79 Å². The largest absolute Gasteiger partial charge is 0.383 e. The SMILES string of the molecule is COCCNCCNC(=O)C1(Sc2ccccc2)CCCC1. The fourth-order valence-electron chi connectivity index (χ4n) is 2.76. The van der Waals surface area contributed by atoms with Crippen LogP contribution in [0.4, 0.5) is 0 Å². The summed E-state index contributed by atoms with van der Waals surface area (Å²) in [5, 5.41) is 6.35. The predicted molar refractivity (Wildman–Crippen MR) is 91.3 cm³/mol. The number of ether oxygens (including phenoxy) is 1. The molecule has 0 bridgehead atoms. The first-order chi connectivity index (χ1) is 10.8. The maximum Gasteiger partial charge on any atom is 0.236 e. The van der Waals surface area contributed by atoms with Crippen molar-refractivity contribution >= 4 is 17.7 Å². The van der Waals surface area contributed by atoms with E-state index in [1.807, 2.05) is 18.2 Å². The molecule has 0 spiro atoms. The van der Waals surface area contributed by atoms with Gasteiger partial charge in [-0.1, -0.05) is 31.0 Å². The van der Waals surface area contributed by atoms with Crippen molar-refractivity contribution in [2.45, 2.75) is 35.3 Å². The molecule has 2 rings (SSSR count). The number of amides is 1. The Hall–Kier alpha value is -1.04. The van der Waals surface area contributed by atoms with Gasteiger partial charge in [0.1, 0.15) is 0 Å². The second kappa shape index (κ2) is 9.18. The molecule has 0 unspecified atom stereocenters. The van der Waals surface area contributed by atoms with Gasteiger partial charge in [-0.15, -0.1) is 11.8 Å². The maximum atomic E-state index is 12.7. The summed E-state index contributed by atoms with van der Waals surface area (Å²) in [6.45, 7) is 2.96. The zero-order chi connectivity index (χ0) is 15.7. The van der Waals surface area contributed by atoms with E-state index < -0.39 is 0 Å². The number of carbonyl (C=O) groups is 1. The normalized spacial score (nSPS) is 16.6. The Labute approximate surface area is 137 Å². The molecule has 0 saturated heterocycles. The highest BCUT2D eigenvalue weighted by atomic mass is 32.2. The molecule has 0 aromatic heterocycles. The van der Waals surface area contributed by atoms with E-state index in [1.165, 1.54) is 4.90 Å². The number of hydrogen-bond acceptors (Lipinski definition) is 4. The Morgan fingerprint density at radius 3 is 2.59 bits per heavy atom. The summed E-state index contributed by atoms with van der Waals surface area (Å²) in [7, 11) is 1.69. The Morgan fingerprint density at radius 1 is 1.18 bits per heavy atom. The lowest BCUT2D eigenvalue weighted by Gasteiger charge is -2.27. The van der Waals surface area contributed by atoms with E-state index in [0.29, 0.717) is 13.2 Å². The first-order valence-electron chi connectivity index (χ1n) is 7.99. The van der Waals surface area contributed by atoms with Crippen LogP contribution in [0.5, 0.6) is 0 Å². The standard InChI is InChI=1S/C17H26N2O2S/c1-21-14-13-18-11-12-19-16(20)17(9-5-6-10-17)22-15-7-3-2-4-8-15/h2-4,7-8,18H,5-6,9-14H2,1H3,(H,19,20). The third kappa shape index (κ3) is 5.00. The first kappa shape index (κ1) is 17.3. The minimum Gasteiger partial charge on any atom is -0.383 e. The van der Waals surface area contributed by atoms with Crippen molar-refractivity contribution < 1.29 is 9.53 Å². The molecular weight excluding hydrogens is 296 g/mol. The van der Waals surface area contributed by atoms with E-state index in [4.69, 9.17) is 4.74 Å². The number of benzene rings is 1. The zero-order valence-electron chi connectivity index (χ0n) is 13.3. The van der Waals surface area contributed by atoms with Crippen LogP contribution in [0.2, 0.25) is 0 Å². The molecule has 1 aromatic rings. The van der Waals surface area contributed by atoms with Crippen molar-refractivity contribution in [1.29, 1.82) is 0 Å². The quantitative estimate of drug-likeness (QED) is 0.686. The summed E-state index contributed by atoms with van der Waals surface area (Å²) in [6, 6.07) is 10.2. The Morgan fingerprint density at radius 2 is 1.91 bits per heavy atom. The van der Waals surface area contributed by atoms with Gasteiger partial charge in [-0.05, 0) is 25.0 Å². The fraction of sp³-hybridized carbons (Fsp3) is 0.588. The molecular formula is C17H26N2O2S. The molecule has 1 amide bonds. The van der Waals surface area contributed by atoms with Gasteiger partial charge in [-0.25, -0.2) is 0 Å². The van der Waals surface area contributed by atoms with Gasteiger partial charge in [0.25, 0.3) is 0 Å². The van der Waals surface area contributed by atoms with Crippen LogP contribution < -0.4 is 10.6 Å². The van der Waals surface area contributed by atoms with Gasteiger partial charge in [0, 0.05) is 31.6 Å². The van der Waals surface area contributed by atoms with E-state index in [0.717, 1.165) is 38.8 Å². The Kier molecular flexibility index (Phi) is 7.22. The van der Waals surface area contributed by atoms with Crippen molar-refractivity contribution in [2.24, 2.45) is 0 Å². The van der Waals surface area contributed by atoms with Crippen molar-refractivity contribution in [3.8, 4) is 0 Å². The van der Waals surface area contributed by atoms with Gasteiger partial charge in [0.05, 0.1) is 11.4 Å². The highest BCUT2D eigenvalue weighted by molar-refractivity contribution is 8.01. The average molecular weight is 322 g/mol. The second-order valence-corrected chi connectivity index (χ2v) is 7.07. The average Bonchev–Trinajstić information content (AvgIpc) is 3.01. The number of rotatable bonds is 9. The molecule has 122 valence electrons. The van der Waals surface area contributed by atoms with Crippen molar-refractivity contribution in [2.75, 3.05) is 33.4 Å². The topological polar surface area (TPSA) is 50.4 Å². The van der Waals surface area contributed by atoms with E-state index in [2.05, 4.69) is 22.8 Å². The predicted octanol–water partition coefficient (Wildman–Crippen LogP) is 2.44.